The van der Waals surface area contributed by atoms with Crippen molar-refractivity contribution in [2.75, 3.05) is 19.4 Å². The predicted octanol–water partition coefficient (Wildman–Crippen LogP) is 3.09. The third-order valence-electron chi connectivity index (χ3n) is 4.19. The molecule has 110 valence electrons. The van der Waals surface area contributed by atoms with Gasteiger partial charge in [-0.2, -0.15) is 0 Å². The number of anilines is 1. The fraction of sp³-hybridized carbons (Fsp3) is 0.625. The van der Waals surface area contributed by atoms with Crippen LogP contribution in [0.2, 0.25) is 0 Å². The van der Waals surface area contributed by atoms with Crippen molar-refractivity contribution < 1.29 is 4.79 Å². The van der Waals surface area contributed by atoms with E-state index in [2.05, 4.69) is 17.2 Å². The summed E-state index contributed by atoms with van der Waals surface area (Å²) in [5.41, 5.74) is 1.70. The van der Waals surface area contributed by atoms with Crippen molar-refractivity contribution in [2.45, 2.75) is 51.5 Å². The number of nitrogens with zero attached hydrogens (tertiary/aromatic N) is 2. The van der Waals surface area contributed by atoms with Gasteiger partial charge < -0.3 is 10.2 Å². The lowest BCUT2D eigenvalue weighted by atomic mass is 9.94. The summed E-state index contributed by atoms with van der Waals surface area (Å²) in [6.45, 7) is 2.06. The van der Waals surface area contributed by atoms with Gasteiger partial charge in [-0.15, -0.1) is 0 Å². The minimum atomic E-state index is 0.116. The zero-order valence-corrected chi connectivity index (χ0v) is 12.8. The highest BCUT2D eigenvalue weighted by molar-refractivity contribution is 5.95. The van der Waals surface area contributed by atoms with Crippen LogP contribution in [0.4, 0.5) is 5.82 Å². The maximum absolute atomic E-state index is 12.7. The number of aryl methyl sites for hydroxylation is 1. The van der Waals surface area contributed by atoms with E-state index >= 15 is 0 Å². The van der Waals surface area contributed by atoms with Crippen molar-refractivity contribution in [3.63, 3.8) is 0 Å². The molecule has 1 aromatic rings. The fourth-order valence-corrected chi connectivity index (χ4v) is 2.86. The topological polar surface area (TPSA) is 45.2 Å². The number of pyridine rings is 1. The molecular weight excluding hydrogens is 250 g/mol. The van der Waals surface area contributed by atoms with Gasteiger partial charge in [0.1, 0.15) is 5.82 Å². The Morgan fingerprint density at radius 2 is 2.05 bits per heavy atom. The minimum absolute atomic E-state index is 0.116. The van der Waals surface area contributed by atoms with Crippen molar-refractivity contribution in [2.24, 2.45) is 0 Å². The molecule has 1 aromatic heterocycles. The molecule has 0 bridgehead atoms. The van der Waals surface area contributed by atoms with Gasteiger partial charge in [-0.1, -0.05) is 26.2 Å². The Morgan fingerprint density at radius 3 is 2.65 bits per heavy atom. The molecule has 0 unspecified atom stereocenters. The van der Waals surface area contributed by atoms with E-state index in [1.165, 1.54) is 19.3 Å². The summed E-state index contributed by atoms with van der Waals surface area (Å²) in [6.07, 6.45) is 6.88. The van der Waals surface area contributed by atoms with Crippen LogP contribution in [0, 0.1) is 0 Å². The third kappa shape index (κ3) is 3.30. The maximum Gasteiger partial charge on any atom is 0.254 e. The lowest BCUT2D eigenvalue weighted by Crippen LogP contribution is -2.38. The van der Waals surface area contributed by atoms with Crippen LogP contribution in [0.3, 0.4) is 0 Å². The number of carbonyl (C=O) groups excluding carboxylic acids is 1. The average molecular weight is 275 g/mol. The SMILES string of the molecule is CCc1cc(C(=O)N(C)C2CCCCC2)cc(NC)n1. The van der Waals surface area contributed by atoms with E-state index in [1.807, 2.05) is 31.1 Å². The number of aromatic nitrogens is 1. The number of hydrogen-bond acceptors (Lipinski definition) is 3. The Bertz CT molecular complexity index is 445. The Hall–Kier alpha value is -1.58. The Labute approximate surface area is 121 Å². The molecule has 1 fully saturated rings. The fourth-order valence-electron chi connectivity index (χ4n) is 2.86. The first-order valence-electron chi connectivity index (χ1n) is 7.61. The number of rotatable bonds is 4. The molecule has 0 saturated heterocycles. The van der Waals surface area contributed by atoms with Crippen molar-refractivity contribution in [1.82, 2.24) is 9.88 Å². The van der Waals surface area contributed by atoms with Crippen LogP contribution in [0.25, 0.3) is 0 Å². The maximum atomic E-state index is 12.7. The molecule has 4 nitrogen and oxygen atoms in total. The smallest absolute Gasteiger partial charge is 0.254 e. The molecule has 1 aliphatic carbocycles. The average Bonchev–Trinajstić information content (AvgIpc) is 2.53. The second-order valence-corrected chi connectivity index (χ2v) is 5.54. The van der Waals surface area contributed by atoms with Crippen LogP contribution in [-0.2, 0) is 6.42 Å². The highest BCUT2D eigenvalue weighted by atomic mass is 16.2. The largest absolute Gasteiger partial charge is 0.373 e. The van der Waals surface area contributed by atoms with Crippen molar-refractivity contribution in [3.8, 4) is 0 Å². The van der Waals surface area contributed by atoms with Crippen LogP contribution in [0.15, 0.2) is 12.1 Å². The van der Waals surface area contributed by atoms with E-state index in [1.54, 1.807) is 0 Å². The Kier molecular flexibility index (Phi) is 4.99. The zero-order valence-electron chi connectivity index (χ0n) is 12.8. The van der Waals surface area contributed by atoms with Crippen LogP contribution >= 0.6 is 0 Å². The number of hydrogen-bond donors (Lipinski definition) is 1. The molecule has 1 heterocycles. The first kappa shape index (κ1) is 14.8. The summed E-state index contributed by atoms with van der Waals surface area (Å²) in [6, 6.07) is 4.16. The standard InChI is InChI=1S/C16H25N3O/c1-4-13-10-12(11-15(17-2)18-13)16(20)19(3)14-8-6-5-7-9-14/h10-11,14H,4-9H2,1-3H3,(H,17,18). The van der Waals surface area contributed by atoms with Gasteiger partial charge in [0.05, 0.1) is 0 Å². The Balaban J connectivity index is 2.18. The van der Waals surface area contributed by atoms with E-state index in [0.29, 0.717) is 6.04 Å². The van der Waals surface area contributed by atoms with Crippen molar-refractivity contribution >= 4 is 11.7 Å². The van der Waals surface area contributed by atoms with Crippen LogP contribution in [0.5, 0.6) is 0 Å². The van der Waals surface area contributed by atoms with Gasteiger partial charge in [-0.05, 0) is 31.4 Å². The summed E-state index contributed by atoms with van der Waals surface area (Å²) >= 11 is 0. The molecule has 1 saturated carbocycles. The molecule has 0 atom stereocenters. The van der Waals surface area contributed by atoms with Crippen molar-refractivity contribution in [1.29, 1.82) is 0 Å². The van der Waals surface area contributed by atoms with Gasteiger partial charge >= 0.3 is 0 Å². The van der Waals surface area contributed by atoms with Gasteiger partial charge in [0, 0.05) is 31.4 Å². The molecule has 1 N–H and O–H groups in total. The lowest BCUT2D eigenvalue weighted by molar-refractivity contribution is 0.0696. The predicted molar refractivity (Wildman–Crippen MR) is 82.1 cm³/mol. The van der Waals surface area contributed by atoms with Gasteiger partial charge in [0.2, 0.25) is 0 Å². The molecule has 0 radical (unpaired) electrons. The first-order chi connectivity index (χ1) is 9.65. The molecular formula is C16H25N3O. The molecule has 4 heteroatoms. The number of amides is 1. The van der Waals surface area contributed by atoms with E-state index in [4.69, 9.17) is 0 Å². The van der Waals surface area contributed by atoms with Gasteiger partial charge in [-0.25, -0.2) is 4.98 Å². The van der Waals surface area contributed by atoms with Gasteiger partial charge in [-0.3, -0.25) is 4.79 Å². The van der Waals surface area contributed by atoms with Crippen molar-refractivity contribution in [3.05, 3.63) is 23.4 Å². The summed E-state index contributed by atoms with van der Waals surface area (Å²) in [5.74, 6) is 0.884. The van der Waals surface area contributed by atoms with E-state index in [9.17, 15) is 4.79 Å². The summed E-state index contributed by atoms with van der Waals surface area (Å²) in [4.78, 5) is 19.0. The number of carbonyl (C=O) groups is 1. The zero-order chi connectivity index (χ0) is 14.5. The van der Waals surface area contributed by atoms with Crippen LogP contribution in [0.1, 0.15) is 55.1 Å². The molecule has 2 rings (SSSR count). The molecule has 20 heavy (non-hydrogen) atoms. The van der Waals surface area contributed by atoms with E-state index < -0.39 is 0 Å². The van der Waals surface area contributed by atoms with Gasteiger partial charge in [0.15, 0.2) is 0 Å². The Morgan fingerprint density at radius 1 is 1.35 bits per heavy atom. The van der Waals surface area contributed by atoms with E-state index in [0.717, 1.165) is 36.3 Å². The van der Waals surface area contributed by atoms with Crippen LogP contribution in [-0.4, -0.2) is 35.9 Å². The minimum Gasteiger partial charge on any atom is -0.373 e. The normalized spacial score (nSPS) is 15.9. The number of nitrogens with one attached hydrogen (secondary N) is 1. The molecule has 1 aliphatic rings. The monoisotopic (exact) mass is 275 g/mol. The van der Waals surface area contributed by atoms with E-state index in [-0.39, 0.29) is 5.91 Å². The third-order valence-corrected chi connectivity index (χ3v) is 4.19. The summed E-state index contributed by atoms with van der Waals surface area (Å²) in [5, 5.41) is 3.03. The second kappa shape index (κ2) is 6.73. The molecule has 1 amide bonds. The quantitative estimate of drug-likeness (QED) is 0.918. The molecule has 0 aromatic carbocycles. The molecule has 0 spiro atoms. The summed E-state index contributed by atoms with van der Waals surface area (Å²) < 4.78 is 0. The molecule has 0 aliphatic heterocycles. The highest BCUT2D eigenvalue weighted by Crippen LogP contribution is 2.23. The van der Waals surface area contributed by atoms with Crippen LogP contribution < -0.4 is 5.32 Å². The lowest BCUT2D eigenvalue weighted by Gasteiger charge is -2.31. The summed E-state index contributed by atoms with van der Waals surface area (Å²) in [7, 11) is 3.77. The first-order valence-corrected chi connectivity index (χ1v) is 7.61. The van der Waals surface area contributed by atoms with Gasteiger partial charge in [0.25, 0.3) is 5.91 Å². The second-order valence-electron chi connectivity index (χ2n) is 5.54. The highest BCUT2D eigenvalue weighted by Gasteiger charge is 2.23.